The van der Waals surface area contributed by atoms with E-state index in [2.05, 4.69) is 17.3 Å². The van der Waals surface area contributed by atoms with Crippen molar-refractivity contribution < 1.29 is 9.53 Å². The molecule has 3 rings (SSSR count). The Bertz CT molecular complexity index is 964. The highest BCUT2D eigenvalue weighted by atomic mass is 16.5. The zero-order valence-electron chi connectivity index (χ0n) is 14.6. The van der Waals surface area contributed by atoms with Crippen molar-refractivity contribution in [1.82, 2.24) is 9.78 Å². The topological polar surface area (TPSA) is 73.2 Å². The fraction of sp³-hybridized carbons (Fsp3) is 0.150. The Balaban J connectivity index is 1.96. The van der Waals surface area contributed by atoms with Gasteiger partial charge >= 0.3 is 0 Å². The minimum atomic E-state index is -0.448. The van der Waals surface area contributed by atoms with Crippen molar-refractivity contribution >= 4 is 11.6 Å². The van der Waals surface area contributed by atoms with Crippen LogP contribution in [-0.2, 0) is 6.42 Å². The van der Waals surface area contributed by atoms with E-state index in [1.165, 1.54) is 23.4 Å². The number of nitrogens with one attached hydrogen (secondary N) is 1. The number of benzene rings is 2. The first-order chi connectivity index (χ1) is 12.6. The van der Waals surface area contributed by atoms with Crippen molar-refractivity contribution in [2.75, 3.05) is 12.4 Å². The number of anilines is 1. The summed E-state index contributed by atoms with van der Waals surface area (Å²) < 4.78 is 6.35. The quantitative estimate of drug-likeness (QED) is 0.768. The first-order valence-corrected chi connectivity index (χ1v) is 8.26. The lowest BCUT2D eigenvalue weighted by Crippen LogP contribution is -2.26. The molecule has 0 atom stereocenters. The van der Waals surface area contributed by atoms with Gasteiger partial charge in [0.15, 0.2) is 11.4 Å². The Kier molecular flexibility index (Phi) is 5.12. The summed E-state index contributed by atoms with van der Waals surface area (Å²) in [4.78, 5) is 25.0. The normalized spacial score (nSPS) is 10.4. The molecule has 1 N–H and O–H groups in total. The molecule has 3 aromatic rings. The lowest BCUT2D eigenvalue weighted by atomic mass is 10.1. The number of carbonyl (C=O) groups excluding carboxylic acids is 1. The lowest BCUT2D eigenvalue weighted by molar-refractivity contribution is 0.101. The van der Waals surface area contributed by atoms with Crippen molar-refractivity contribution in [1.29, 1.82) is 0 Å². The van der Waals surface area contributed by atoms with Crippen LogP contribution in [0.5, 0.6) is 5.75 Å². The molecule has 0 fully saturated rings. The van der Waals surface area contributed by atoms with Crippen molar-refractivity contribution in [2.24, 2.45) is 0 Å². The molecule has 1 aromatic heterocycles. The second-order valence-corrected chi connectivity index (χ2v) is 5.65. The van der Waals surface area contributed by atoms with E-state index in [0.717, 1.165) is 6.42 Å². The number of ether oxygens (including phenoxy) is 1. The predicted molar refractivity (Wildman–Crippen MR) is 100 cm³/mol. The highest BCUT2D eigenvalue weighted by molar-refractivity contribution is 6.04. The number of rotatable bonds is 5. The van der Waals surface area contributed by atoms with Crippen LogP contribution in [0.2, 0.25) is 0 Å². The molecular formula is C20H19N3O3. The molecule has 1 amide bonds. The first kappa shape index (κ1) is 17.4. The van der Waals surface area contributed by atoms with Crippen molar-refractivity contribution in [3.63, 3.8) is 0 Å². The average molecular weight is 349 g/mol. The van der Waals surface area contributed by atoms with Crippen LogP contribution < -0.4 is 15.6 Å². The van der Waals surface area contributed by atoms with Gasteiger partial charge < -0.3 is 10.1 Å². The number of methoxy groups -OCH3 is 1. The monoisotopic (exact) mass is 349 g/mol. The summed E-state index contributed by atoms with van der Waals surface area (Å²) in [7, 11) is 1.40. The van der Waals surface area contributed by atoms with E-state index >= 15 is 0 Å². The standard InChI is InChI=1S/C20H19N3O3/c1-3-14-9-11-15(12-10-14)21-20(25)19-17(26-2)13-18(24)23(22-19)16-7-5-4-6-8-16/h4-13H,3H2,1-2H3,(H,21,25). The molecule has 6 heteroatoms. The molecule has 0 spiro atoms. The second-order valence-electron chi connectivity index (χ2n) is 5.65. The molecule has 2 aromatic carbocycles. The van der Waals surface area contributed by atoms with Crippen LogP contribution in [-0.4, -0.2) is 22.8 Å². The number of nitrogens with zero attached hydrogens (tertiary/aromatic N) is 2. The van der Waals surface area contributed by atoms with E-state index < -0.39 is 5.91 Å². The third kappa shape index (κ3) is 3.64. The number of aryl methyl sites for hydroxylation is 1. The van der Waals surface area contributed by atoms with Crippen LogP contribution in [0.15, 0.2) is 65.5 Å². The summed E-state index contributed by atoms with van der Waals surface area (Å²) in [5.41, 5.74) is 2.05. The minimum absolute atomic E-state index is 0.0375. The van der Waals surface area contributed by atoms with E-state index in [-0.39, 0.29) is 17.0 Å². The van der Waals surface area contributed by atoms with E-state index in [9.17, 15) is 9.59 Å². The Morgan fingerprint density at radius 1 is 1.12 bits per heavy atom. The van der Waals surface area contributed by atoms with Crippen LogP contribution in [0.1, 0.15) is 23.0 Å². The Morgan fingerprint density at radius 2 is 1.81 bits per heavy atom. The number of hydrogen-bond acceptors (Lipinski definition) is 4. The van der Waals surface area contributed by atoms with Crippen LogP contribution >= 0.6 is 0 Å². The highest BCUT2D eigenvalue weighted by Crippen LogP contribution is 2.17. The number of aromatic nitrogens is 2. The second kappa shape index (κ2) is 7.65. The van der Waals surface area contributed by atoms with Crippen molar-refractivity contribution in [3.05, 3.63) is 82.3 Å². The van der Waals surface area contributed by atoms with Crippen LogP contribution in [0.25, 0.3) is 5.69 Å². The van der Waals surface area contributed by atoms with Gasteiger partial charge in [-0.15, -0.1) is 0 Å². The molecule has 132 valence electrons. The molecular weight excluding hydrogens is 330 g/mol. The van der Waals surface area contributed by atoms with Crippen LogP contribution in [0.4, 0.5) is 5.69 Å². The van der Waals surface area contributed by atoms with Crippen molar-refractivity contribution in [2.45, 2.75) is 13.3 Å². The van der Waals surface area contributed by atoms with Gasteiger partial charge in [-0.2, -0.15) is 9.78 Å². The van der Waals surface area contributed by atoms with Gasteiger partial charge in [0, 0.05) is 5.69 Å². The van der Waals surface area contributed by atoms with Crippen LogP contribution in [0.3, 0.4) is 0 Å². The van der Waals surface area contributed by atoms with Gasteiger partial charge in [-0.25, -0.2) is 0 Å². The zero-order valence-corrected chi connectivity index (χ0v) is 14.6. The molecule has 0 saturated carbocycles. The summed E-state index contributed by atoms with van der Waals surface area (Å²) >= 11 is 0. The maximum atomic E-state index is 12.7. The molecule has 0 saturated heterocycles. The molecule has 1 heterocycles. The van der Waals surface area contributed by atoms with Gasteiger partial charge in [-0.1, -0.05) is 37.3 Å². The van der Waals surface area contributed by atoms with Gasteiger partial charge in [-0.3, -0.25) is 9.59 Å². The third-order valence-corrected chi connectivity index (χ3v) is 3.95. The molecule has 0 aliphatic rings. The highest BCUT2D eigenvalue weighted by Gasteiger charge is 2.18. The molecule has 0 bridgehead atoms. The predicted octanol–water partition coefficient (Wildman–Crippen LogP) is 3.06. The summed E-state index contributed by atoms with van der Waals surface area (Å²) in [5, 5.41) is 7.00. The summed E-state index contributed by atoms with van der Waals surface area (Å²) in [6.07, 6.45) is 0.922. The molecule has 6 nitrogen and oxygen atoms in total. The molecule has 0 aliphatic heterocycles. The van der Waals surface area contributed by atoms with Gasteiger partial charge in [-0.05, 0) is 36.2 Å². The maximum absolute atomic E-state index is 12.7. The summed E-state index contributed by atoms with van der Waals surface area (Å²) in [5.74, 6) is -0.319. The molecule has 26 heavy (non-hydrogen) atoms. The largest absolute Gasteiger partial charge is 0.494 e. The lowest BCUT2D eigenvalue weighted by Gasteiger charge is -2.11. The van der Waals surface area contributed by atoms with E-state index in [4.69, 9.17) is 4.74 Å². The van der Waals surface area contributed by atoms with E-state index in [1.54, 1.807) is 24.3 Å². The summed E-state index contributed by atoms with van der Waals surface area (Å²) in [6.45, 7) is 2.06. The fourth-order valence-corrected chi connectivity index (χ4v) is 2.52. The smallest absolute Gasteiger partial charge is 0.279 e. The number of hydrogen-bond donors (Lipinski definition) is 1. The van der Waals surface area contributed by atoms with E-state index in [0.29, 0.717) is 11.4 Å². The van der Waals surface area contributed by atoms with Crippen LogP contribution in [0, 0.1) is 0 Å². The average Bonchev–Trinajstić information content (AvgIpc) is 2.68. The van der Waals surface area contributed by atoms with Gasteiger partial charge in [0.05, 0.1) is 18.9 Å². The number of amides is 1. The van der Waals surface area contributed by atoms with Gasteiger partial charge in [0.2, 0.25) is 0 Å². The molecule has 0 radical (unpaired) electrons. The zero-order chi connectivity index (χ0) is 18.5. The van der Waals surface area contributed by atoms with Gasteiger partial charge in [0.25, 0.3) is 11.5 Å². The first-order valence-electron chi connectivity index (χ1n) is 8.26. The minimum Gasteiger partial charge on any atom is -0.494 e. The number of para-hydroxylation sites is 1. The van der Waals surface area contributed by atoms with Crippen molar-refractivity contribution in [3.8, 4) is 11.4 Å². The Labute approximate surface area is 151 Å². The molecule has 0 unspecified atom stereocenters. The Morgan fingerprint density at radius 3 is 2.42 bits per heavy atom. The van der Waals surface area contributed by atoms with E-state index in [1.807, 2.05) is 30.3 Å². The third-order valence-electron chi connectivity index (χ3n) is 3.95. The summed E-state index contributed by atoms with van der Waals surface area (Å²) in [6, 6.07) is 17.7. The maximum Gasteiger partial charge on any atom is 0.279 e. The van der Waals surface area contributed by atoms with Gasteiger partial charge in [0.1, 0.15) is 0 Å². The Hall–Kier alpha value is -3.41. The fourth-order valence-electron chi connectivity index (χ4n) is 2.52. The SMILES string of the molecule is CCc1ccc(NC(=O)c2nn(-c3ccccc3)c(=O)cc2OC)cc1. The molecule has 0 aliphatic carbocycles. The number of carbonyl (C=O) groups is 1.